The van der Waals surface area contributed by atoms with Crippen LogP contribution in [0.15, 0.2) is 66.7 Å². The highest BCUT2D eigenvalue weighted by atomic mass is 16.5. The molecule has 0 bridgehead atoms. The molecule has 0 saturated carbocycles. The van der Waals surface area contributed by atoms with Gasteiger partial charge in [0.1, 0.15) is 11.5 Å². The zero-order valence-corrected chi connectivity index (χ0v) is 9.97. The Labute approximate surface area is 107 Å². The summed E-state index contributed by atoms with van der Waals surface area (Å²) >= 11 is 0. The van der Waals surface area contributed by atoms with Crippen LogP contribution >= 0.6 is 0 Å². The van der Waals surface area contributed by atoms with Crippen LogP contribution in [0.1, 0.15) is 5.56 Å². The predicted molar refractivity (Wildman–Crippen MR) is 74.9 cm³/mol. The van der Waals surface area contributed by atoms with Crippen LogP contribution in [0, 0.1) is 6.92 Å². The molecule has 18 heavy (non-hydrogen) atoms. The van der Waals surface area contributed by atoms with Crippen LogP contribution in [-0.4, -0.2) is 0 Å². The maximum Gasteiger partial charge on any atom is 0.131 e. The molecule has 3 aromatic carbocycles. The van der Waals surface area contributed by atoms with Crippen molar-refractivity contribution >= 4 is 10.8 Å². The van der Waals surface area contributed by atoms with Gasteiger partial charge in [0.15, 0.2) is 0 Å². The average Bonchev–Trinajstić information content (AvgIpc) is 2.43. The van der Waals surface area contributed by atoms with Crippen LogP contribution in [0.2, 0.25) is 0 Å². The van der Waals surface area contributed by atoms with E-state index in [0.717, 1.165) is 22.4 Å². The van der Waals surface area contributed by atoms with E-state index >= 15 is 0 Å². The number of rotatable bonds is 2. The summed E-state index contributed by atoms with van der Waals surface area (Å²) in [6.07, 6.45) is 0. The van der Waals surface area contributed by atoms with E-state index in [1.807, 2.05) is 48.5 Å². The van der Waals surface area contributed by atoms with Crippen molar-refractivity contribution < 1.29 is 4.74 Å². The summed E-state index contributed by atoms with van der Waals surface area (Å²) < 4.78 is 5.85. The zero-order chi connectivity index (χ0) is 12.4. The molecule has 1 radical (unpaired) electrons. The zero-order valence-electron chi connectivity index (χ0n) is 9.97. The number of hydrogen-bond acceptors (Lipinski definition) is 1. The van der Waals surface area contributed by atoms with Crippen LogP contribution in [0.25, 0.3) is 10.8 Å². The van der Waals surface area contributed by atoms with Gasteiger partial charge in [-0.15, -0.1) is 0 Å². The first-order valence-corrected chi connectivity index (χ1v) is 5.91. The molecule has 0 unspecified atom stereocenters. The SMILES string of the molecule is [CH2]c1c(Oc2ccccc2)ccc2ccccc12. The fourth-order valence-electron chi connectivity index (χ4n) is 2.03. The summed E-state index contributed by atoms with van der Waals surface area (Å²) in [6.45, 7) is 4.12. The molecule has 0 aliphatic carbocycles. The molecule has 0 N–H and O–H groups in total. The van der Waals surface area contributed by atoms with Gasteiger partial charge in [0.2, 0.25) is 0 Å². The van der Waals surface area contributed by atoms with Crippen molar-refractivity contribution in [1.29, 1.82) is 0 Å². The molecule has 0 aliphatic heterocycles. The Kier molecular flexibility index (Phi) is 2.73. The molecule has 0 saturated heterocycles. The third-order valence-electron chi connectivity index (χ3n) is 2.97. The summed E-state index contributed by atoms with van der Waals surface area (Å²) in [4.78, 5) is 0. The number of hydrogen-bond donors (Lipinski definition) is 0. The van der Waals surface area contributed by atoms with Crippen LogP contribution in [-0.2, 0) is 0 Å². The van der Waals surface area contributed by atoms with Crippen molar-refractivity contribution in [2.24, 2.45) is 0 Å². The third-order valence-corrected chi connectivity index (χ3v) is 2.97. The number of para-hydroxylation sites is 1. The van der Waals surface area contributed by atoms with Crippen LogP contribution < -0.4 is 4.74 Å². The second kappa shape index (κ2) is 4.53. The highest BCUT2D eigenvalue weighted by molar-refractivity contribution is 5.88. The number of benzene rings is 3. The topological polar surface area (TPSA) is 9.23 Å². The van der Waals surface area contributed by atoms with E-state index in [2.05, 4.69) is 25.1 Å². The van der Waals surface area contributed by atoms with Crippen molar-refractivity contribution in [2.75, 3.05) is 0 Å². The second-order valence-electron chi connectivity index (χ2n) is 4.18. The van der Waals surface area contributed by atoms with Crippen molar-refractivity contribution in [3.63, 3.8) is 0 Å². The predicted octanol–water partition coefficient (Wildman–Crippen LogP) is 4.81. The molecule has 87 valence electrons. The first-order chi connectivity index (χ1) is 8.84. The minimum Gasteiger partial charge on any atom is -0.457 e. The first-order valence-electron chi connectivity index (χ1n) is 5.91. The van der Waals surface area contributed by atoms with Gasteiger partial charge in [-0.1, -0.05) is 48.5 Å². The van der Waals surface area contributed by atoms with Gasteiger partial charge in [0.25, 0.3) is 0 Å². The van der Waals surface area contributed by atoms with E-state index in [1.54, 1.807) is 0 Å². The maximum absolute atomic E-state index is 5.85. The Morgan fingerprint density at radius 1 is 0.722 bits per heavy atom. The smallest absolute Gasteiger partial charge is 0.131 e. The highest BCUT2D eigenvalue weighted by Gasteiger charge is 2.05. The summed E-state index contributed by atoms with van der Waals surface area (Å²) in [5.41, 5.74) is 0.928. The van der Waals surface area contributed by atoms with Gasteiger partial charge >= 0.3 is 0 Å². The standard InChI is InChI=1S/C17H13O/c1-13-16-10-6-5-7-14(16)11-12-17(13)18-15-8-3-2-4-9-15/h2-12H,1H2. The Morgan fingerprint density at radius 3 is 2.28 bits per heavy atom. The maximum atomic E-state index is 5.85. The van der Waals surface area contributed by atoms with Gasteiger partial charge in [-0.05, 0) is 35.9 Å². The molecule has 0 atom stereocenters. The molecule has 0 aromatic heterocycles. The lowest BCUT2D eigenvalue weighted by atomic mass is 10.0. The molecule has 0 fully saturated rings. The number of ether oxygens (including phenoxy) is 1. The van der Waals surface area contributed by atoms with Crippen LogP contribution in [0.3, 0.4) is 0 Å². The van der Waals surface area contributed by atoms with Crippen molar-refractivity contribution in [1.82, 2.24) is 0 Å². The Bertz CT molecular complexity index is 672. The largest absolute Gasteiger partial charge is 0.457 e. The van der Waals surface area contributed by atoms with E-state index in [0.29, 0.717) is 0 Å². The highest BCUT2D eigenvalue weighted by Crippen LogP contribution is 2.30. The molecule has 0 aliphatic rings. The van der Waals surface area contributed by atoms with Crippen molar-refractivity contribution in [3.8, 4) is 11.5 Å². The lowest BCUT2D eigenvalue weighted by molar-refractivity contribution is 0.481. The van der Waals surface area contributed by atoms with Gasteiger partial charge in [-0.3, -0.25) is 0 Å². The second-order valence-corrected chi connectivity index (χ2v) is 4.18. The van der Waals surface area contributed by atoms with Gasteiger partial charge in [0.05, 0.1) is 0 Å². The van der Waals surface area contributed by atoms with E-state index in [4.69, 9.17) is 4.74 Å². The Morgan fingerprint density at radius 2 is 1.44 bits per heavy atom. The molecular weight excluding hydrogens is 220 g/mol. The van der Waals surface area contributed by atoms with Gasteiger partial charge in [0, 0.05) is 5.56 Å². The molecule has 3 aromatic rings. The minimum atomic E-state index is 0.805. The van der Waals surface area contributed by atoms with E-state index in [-0.39, 0.29) is 0 Å². The molecule has 1 heteroatoms. The monoisotopic (exact) mass is 233 g/mol. The minimum absolute atomic E-state index is 0.805. The van der Waals surface area contributed by atoms with Crippen LogP contribution in [0.5, 0.6) is 11.5 Å². The molecule has 0 heterocycles. The third kappa shape index (κ3) is 1.95. The molecule has 3 rings (SSSR count). The summed E-state index contributed by atoms with van der Waals surface area (Å²) in [5, 5.41) is 2.31. The van der Waals surface area contributed by atoms with E-state index in [1.165, 1.54) is 5.39 Å². The Balaban J connectivity index is 2.05. The first kappa shape index (κ1) is 10.8. The lowest BCUT2D eigenvalue weighted by Crippen LogP contribution is -1.88. The van der Waals surface area contributed by atoms with Crippen molar-refractivity contribution in [3.05, 3.63) is 79.2 Å². The fraction of sp³-hybridized carbons (Fsp3) is 0. The normalized spacial score (nSPS) is 10.5. The quantitative estimate of drug-likeness (QED) is 0.617. The molecule has 0 amide bonds. The van der Waals surface area contributed by atoms with Crippen molar-refractivity contribution in [2.45, 2.75) is 0 Å². The number of fused-ring (bicyclic) bond motifs is 1. The van der Waals surface area contributed by atoms with Gasteiger partial charge in [-0.25, -0.2) is 0 Å². The van der Waals surface area contributed by atoms with E-state index in [9.17, 15) is 0 Å². The van der Waals surface area contributed by atoms with Crippen LogP contribution in [0.4, 0.5) is 0 Å². The molecular formula is C17H13O. The summed E-state index contributed by atoms with van der Waals surface area (Å²) in [5.74, 6) is 1.64. The van der Waals surface area contributed by atoms with Gasteiger partial charge < -0.3 is 4.74 Å². The average molecular weight is 233 g/mol. The summed E-state index contributed by atoms with van der Waals surface area (Å²) in [7, 11) is 0. The fourth-order valence-corrected chi connectivity index (χ4v) is 2.03. The molecule has 0 spiro atoms. The molecule has 1 nitrogen and oxygen atoms in total. The van der Waals surface area contributed by atoms with E-state index < -0.39 is 0 Å². The Hall–Kier alpha value is -2.28. The summed E-state index contributed by atoms with van der Waals surface area (Å²) in [6, 6.07) is 22.0. The van der Waals surface area contributed by atoms with Gasteiger partial charge in [-0.2, -0.15) is 0 Å². The lowest BCUT2D eigenvalue weighted by Gasteiger charge is -2.10.